The zero-order valence-corrected chi connectivity index (χ0v) is 36.5. The first-order valence-electron chi connectivity index (χ1n) is 16.0. The van der Waals surface area contributed by atoms with E-state index in [1.165, 1.54) is 33.4 Å². The van der Waals surface area contributed by atoms with Gasteiger partial charge in [0, 0.05) is 39.8 Å². The number of carbonyl (C=O) groups excluding carboxylic acids is 3. The fourth-order valence-electron chi connectivity index (χ4n) is 4.91. The molecule has 0 unspecified atom stereocenters. The van der Waals surface area contributed by atoms with E-state index in [9.17, 15) is 14.4 Å². The molecule has 52 heavy (non-hydrogen) atoms. The Balaban J connectivity index is -0.000000493. The van der Waals surface area contributed by atoms with Crippen molar-refractivity contribution >= 4 is 102 Å². The Labute approximate surface area is 332 Å². The average Bonchev–Trinajstić information content (AvgIpc) is 3.73. The molecular formula is C37H51Ga2N7O6. The molecule has 8 bridgehead atoms. The topological polar surface area (TPSA) is 270 Å². The van der Waals surface area contributed by atoms with Gasteiger partial charge in [0.05, 0.1) is 22.8 Å². The van der Waals surface area contributed by atoms with Crippen LogP contribution in [0.2, 0.25) is 0 Å². The maximum absolute atomic E-state index is 9.48. The summed E-state index contributed by atoms with van der Waals surface area (Å²) in [6.45, 7) is 18.1. The van der Waals surface area contributed by atoms with Crippen molar-refractivity contribution in [3.63, 3.8) is 0 Å². The third kappa shape index (κ3) is 15.4. The minimum atomic E-state index is -0.495. The number of aromatic amines is 2. The Kier molecular flexibility index (Phi) is 27.5. The van der Waals surface area contributed by atoms with Crippen LogP contribution in [-0.2, 0) is 20.8 Å². The summed E-state index contributed by atoms with van der Waals surface area (Å²) in [6, 6.07) is 10.9. The standard InChI is InChI=1S/C28H30N4.3C3H7NO.2Ga.3H2O/c1-7-21-17(5)25-12-23-15(3)9-19(29-23)11-20-10-16(4)24(30-20)13-26-18(6)22(8-2)28(32-26)14-27(21)31-25;3*1-2-3(4)5;;;;;/h9-14,29,32H,7-8H2,1-6H3;3*2H2,1H3,(H2,4,5);;;3*1H2/q;;;;2*+3;;;/p-6. The van der Waals surface area contributed by atoms with Crippen LogP contribution in [0.4, 0.5) is 0 Å². The number of amides is 3. The van der Waals surface area contributed by atoms with Gasteiger partial charge in [-0.25, -0.2) is 9.97 Å². The Morgan fingerprint density at radius 3 is 1.56 bits per heavy atom. The number of fused-ring (bicyclic) bond motifs is 8. The van der Waals surface area contributed by atoms with Crippen molar-refractivity contribution in [2.24, 2.45) is 0 Å². The molecule has 0 fully saturated rings. The molecule has 0 aromatic carbocycles. The molecule has 13 nitrogen and oxygen atoms in total. The first-order valence-corrected chi connectivity index (χ1v) is 16.0. The number of aryl methyl sites for hydroxylation is 3. The number of rotatable bonds is 5. The van der Waals surface area contributed by atoms with E-state index in [-0.39, 0.29) is 56.0 Å². The van der Waals surface area contributed by atoms with Gasteiger partial charge in [0.2, 0.25) is 0 Å². The summed E-state index contributed by atoms with van der Waals surface area (Å²) in [5.74, 6) is -1.49. The van der Waals surface area contributed by atoms with Gasteiger partial charge in [-0.05, 0) is 130 Å². The van der Waals surface area contributed by atoms with Crippen LogP contribution in [0.1, 0.15) is 114 Å². The molecule has 5 heterocycles. The van der Waals surface area contributed by atoms with Gasteiger partial charge < -0.3 is 58.0 Å². The number of nitrogens with zero attached hydrogens (tertiary/aromatic N) is 2. The van der Waals surface area contributed by atoms with Gasteiger partial charge >= 0.3 is 39.6 Å². The Bertz CT molecular complexity index is 1830. The molecule has 15 heteroatoms. The number of hydrogen-bond donors (Lipinski definition) is 2. The number of H-pyrrole nitrogens is 2. The molecule has 0 atom stereocenters. The van der Waals surface area contributed by atoms with E-state index in [0.717, 1.165) is 57.7 Å². The van der Waals surface area contributed by atoms with E-state index in [4.69, 9.17) is 27.2 Å². The van der Waals surface area contributed by atoms with E-state index in [1.807, 2.05) is 0 Å². The van der Waals surface area contributed by atoms with Gasteiger partial charge in [0.25, 0.3) is 0 Å². The van der Waals surface area contributed by atoms with Gasteiger partial charge in [0.15, 0.2) is 0 Å². The second kappa shape index (κ2) is 26.0. The summed E-state index contributed by atoms with van der Waals surface area (Å²) >= 11 is 0. The number of nitrogens with one attached hydrogen (secondary N) is 5. The molecule has 0 spiro atoms. The van der Waals surface area contributed by atoms with Crippen molar-refractivity contribution in [2.75, 3.05) is 0 Å². The van der Waals surface area contributed by atoms with Crippen LogP contribution >= 0.6 is 0 Å². The van der Waals surface area contributed by atoms with Crippen molar-refractivity contribution in [1.82, 2.24) is 19.9 Å². The fourth-order valence-corrected chi connectivity index (χ4v) is 4.91. The molecule has 0 saturated carbocycles. The van der Waals surface area contributed by atoms with E-state index in [0.29, 0.717) is 19.3 Å². The molecule has 3 aromatic heterocycles. The Morgan fingerprint density at radius 1 is 0.615 bits per heavy atom. The van der Waals surface area contributed by atoms with E-state index < -0.39 is 17.7 Å². The van der Waals surface area contributed by atoms with Crippen LogP contribution in [0.5, 0.6) is 0 Å². The summed E-state index contributed by atoms with van der Waals surface area (Å²) in [6.07, 6.45) is 5.08. The SMILES string of the molecule is CCC([NH-])=O.CCC([NH-])=O.CCC([NH-])=O.CCC1=C(C)c2cc3[nH]c(cc4nc(cc5[nH]c(cc1n2)c(CC)c5C)C(C)=C4)cc3C.[Ga+3].[Ga+3].[OH-].[OH-].[OH-]. The van der Waals surface area contributed by atoms with E-state index in [1.54, 1.807) is 20.8 Å². The number of allylic oxidation sites excluding steroid dienone is 3. The summed E-state index contributed by atoms with van der Waals surface area (Å²) in [5, 5.41) is 0. The average molecular weight is 829 g/mol. The molecular weight excluding hydrogens is 778 g/mol. The van der Waals surface area contributed by atoms with Crippen molar-refractivity contribution in [3.8, 4) is 0 Å². The summed E-state index contributed by atoms with van der Waals surface area (Å²) in [4.78, 5) is 45.6. The second-order valence-corrected chi connectivity index (χ2v) is 11.2. The van der Waals surface area contributed by atoms with Crippen molar-refractivity contribution in [1.29, 1.82) is 0 Å². The van der Waals surface area contributed by atoms with Crippen LogP contribution in [0.15, 0.2) is 30.3 Å². The molecule has 5 rings (SSSR count). The molecule has 2 aliphatic rings. The summed E-state index contributed by atoms with van der Waals surface area (Å²) in [5.41, 5.74) is 34.7. The Hall–Kier alpha value is -3.84. The molecule has 0 saturated heterocycles. The van der Waals surface area contributed by atoms with Crippen LogP contribution in [-0.4, -0.2) is 93.7 Å². The van der Waals surface area contributed by atoms with E-state index >= 15 is 0 Å². The maximum Gasteiger partial charge on any atom is 3.00 e. The third-order valence-corrected chi connectivity index (χ3v) is 7.75. The molecule has 276 valence electrons. The van der Waals surface area contributed by atoms with Gasteiger partial charge in [-0.15, -0.1) is 0 Å². The van der Waals surface area contributed by atoms with Gasteiger partial charge in [-0.2, -0.15) is 0 Å². The van der Waals surface area contributed by atoms with Crippen LogP contribution in [0.3, 0.4) is 0 Å². The zero-order chi connectivity index (χ0) is 35.4. The molecule has 8 N–H and O–H groups in total. The largest absolute Gasteiger partial charge is 3.00 e. The fraction of sp³-hybridized carbons (Fsp3) is 0.378. The van der Waals surface area contributed by atoms with Gasteiger partial charge in [-0.3, -0.25) is 0 Å². The first kappa shape index (κ1) is 54.9. The monoisotopic (exact) mass is 827 g/mol. The van der Waals surface area contributed by atoms with Crippen molar-refractivity contribution in [3.05, 3.63) is 87.0 Å². The maximum atomic E-state index is 9.48. The minimum Gasteiger partial charge on any atom is -0.870 e. The van der Waals surface area contributed by atoms with Crippen LogP contribution in [0, 0.1) is 13.8 Å². The smallest absolute Gasteiger partial charge is 0.870 e. The van der Waals surface area contributed by atoms with Crippen LogP contribution < -0.4 is 0 Å². The molecule has 2 aliphatic heterocycles. The summed E-state index contributed by atoms with van der Waals surface area (Å²) < 4.78 is 0. The normalized spacial score (nSPS) is 10.5. The molecule has 0 aliphatic carbocycles. The quantitative estimate of drug-likeness (QED) is 0.234. The zero-order valence-electron chi connectivity index (χ0n) is 31.6. The predicted octanol–water partition coefficient (Wildman–Crippen LogP) is 9.03. The number of hydrogen-bond acceptors (Lipinski definition) is 8. The van der Waals surface area contributed by atoms with Crippen molar-refractivity contribution < 1.29 is 30.8 Å². The second-order valence-electron chi connectivity index (χ2n) is 11.2. The number of carbonyl (C=O) groups is 3. The predicted molar refractivity (Wildman–Crippen MR) is 212 cm³/mol. The van der Waals surface area contributed by atoms with E-state index in [2.05, 4.69) is 87.9 Å². The Morgan fingerprint density at radius 2 is 1.10 bits per heavy atom. The summed E-state index contributed by atoms with van der Waals surface area (Å²) in [7, 11) is 0. The van der Waals surface area contributed by atoms with Crippen LogP contribution in [0.25, 0.3) is 62.1 Å². The molecule has 0 radical (unpaired) electrons. The third-order valence-electron chi connectivity index (χ3n) is 7.75. The first-order chi connectivity index (χ1) is 22.2. The van der Waals surface area contributed by atoms with Crippen molar-refractivity contribution in [2.45, 2.75) is 94.4 Å². The van der Waals surface area contributed by atoms with Gasteiger partial charge in [-0.1, -0.05) is 34.6 Å². The number of aromatic nitrogens is 4. The molecule has 3 amide bonds. The molecule has 3 aromatic rings. The van der Waals surface area contributed by atoms with Gasteiger partial charge in [0.1, 0.15) is 0 Å². The minimum absolute atomic E-state index is 0.